The van der Waals surface area contributed by atoms with Crippen LogP contribution in [0.1, 0.15) is 6.92 Å². The van der Waals surface area contributed by atoms with Crippen molar-refractivity contribution in [2.45, 2.75) is 6.92 Å². The molecule has 0 N–H and O–H groups in total. The van der Waals surface area contributed by atoms with Gasteiger partial charge in [-0.3, -0.25) is 0 Å². The van der Waals surface area contributed by atoms with Crippen molar-refractivity contribution in [1.82, 2.24) is 0 Å². The van der Waals surface area contributed by atoms with Crippen molar-refractivity contribution in [1.29, 1.82) is 0 Å². The molecular formula is C20H19N. The normalized spacial score (nSPS) is 10.3. The number of para-hydroxylation sites is 2. The smallest absolute Gasteiger partial charge is 0.0490 e. The third kappa shape index (κ3) is 2.82. The van der Waals surface area contributed by atoms with E-state index in [0.29, 0.717) is 0 Å². The third-order valence-electron chi connectivity index (χ3n) is 3.66. The van der Waals surface area contributed by atoms with E-state index in [2.05, 4.69) is 96.8 Å². The molecule has 0 fully saturated rings. The van der Waals surface area contributed by atoms with E-state index in [1.165, 1.54) is 22.5 Å². The van der Waals surface area contributed by atoms with Crippen LogP contribution < -0.4 is 4.90 Å². The Hall–Kier alpha value is -2.54. The van der Waals surface area contributed by atoms with Crippen LogP contribution in [0.3, 0.4) is 0 Å². The molecule has 1 heteroatoms. The van der Waals surface area contributed by atoms with Crippen LogP contribution in [0.25, 0.3) is 11.1 Å². The summed E-state index contributed by atoms with van der Waals surface area (Å²) in [5.74, 6) is 0. The second-order valence-electron chi connectivity index (χ2n) is 4.96. The minimum absolute atomic E-state index is 0.938. The van der Waals surface area contributed by atoms with E-state index < -0.39 is 0 Å². The van der Waals surface area contributed by atoms with Gasteiger partial charge in [-0.2, -0.15) is 0 Å². The van der Waals surface area contributed by atoms with Gasteiger partial charge in [-0.05, 0) is 30.7 Å². The molecule has 0 saturated carbocycles. The molecule has 0 radical (unpaired) electrons. The maximum absolute atomic E-state index is 2.35. The van der Waals surface area contributed by atoms with Crippen molar-refractivity contribution in [3.8, 4) is 11.1 Å². The first-order valence-corrected chi connectivity index (χ1v) is 7.37. The van der Waals surface area contributed by atoms with Crippen LogP contribution in [-0.4, -0.2) is 6.54 Å². The van der Waals surface area contributed by atoms with E-state index in [9.17, 15) is 0 Å². The lowest BCUT2D eigenvalue weighted by Crippen LogP contribution is -2.16. The average Bonchev–Trinajstić information content (AvgIpc) is 2.58. The van der Waals surface area contributed by atoms with Crippen molar-refractivity contribution in [2.75, 3.05) is 11.4 Å². The van der Waals surface area contributed by atoms with Crippen molar-refractivity contribution in [3.63, 3.8) is 0 Å². The van der Waals surface area contributed by atoms with Gasteiger partial charge in [0, 0.05) is 23.5 Å². The van der Waals surface area contributed by atoms with E-state index in [1.54, 1.807) is 0 Å². The lowest BCUT2D eigenvalue weighted by Gasteiger charge is -2.26. The second kappa shape index (κ2) is 6.27. The Kier molecular flexibility index (Phi) is 4.02. The molecule has 0 bridgehead atoms. The molecule has 0 amide bonds. The summed E-state index contributed by atoms with van der Waals surface area (Å²) in [6.07, 6.45) is 0. The number of rotatable bonds is 4. The molecule has 0 heterocycles. The summed E-state index contributed by atoms with van der Waals surface area (Å²) in [5.41, 5.74) is 4.99. The SMILES string of the molecule is CCN(c1ccccc1)c1ccccc1-c1ccccc1. The molecule has 0 unspecified atom stereocenters. The van der Waals surface area contributed by atoms with Crippen LogP contribution in [0.5, 0.6) is 0 Å². The fourth-order valence-corrected chi connectivity index (χ4v) is 2.67. The predicted molar refractivity (Wildman–Crippen MR) is 91.0 cm³/mol. The summed E-state index contributed by atoms with van der Waals surface area (Å²) in [5, 5.41) is 0. The highest BCUT2D eigenvalue weighted by molar-refractivity contribution is 5.82. The van der Waals surface area contributed by atoms with Crippen LogP contribution in [-0.2, 0) is 0 Å². The van der Waals surface area contributed by atoms with Crippen molar-refractivity contribution in [2.24, 2.45) is 0 Å². The quantitative estimate of drug-likeness (QED) is 0.605. The van der Waals surface area contributed by atoms with Crippen LogP contribution in [0.4, 0.5) is 11.4 Å². The molecule has 0 aromatic heterocycles. The molecule has 0 atom stereocenters. The van der Waals surface area contributed by atoms with E-state index >= 15 is 0 Å². The molecule has 3 aromatic rings. The second-order valence-corrected chi connectivity index (χ2v) is 4.96. The van der Waals surface area contributed by atoms with Gasteiger partial charge in [-0.1, -0.05) is 66.7 Å². The molecular weight excluding hydrogens is 254 g/mol. The van der Waals surface area contributed by atoms with Crippen molar-refractivity contribution in [3.05, 3.63) is 84.9 Å². The number of hydrogen-bond donors (Lipinski definition) is 0. The van der Waals surface area contributed by atoms with Gasteiger partial charge in [0.25, 0.3) is 0 Å². The molecule has 0 spiro atoms. The molecule has 0 aliphatic rings. The van der Waals surface area contributed by atoms with E-state index in [0.717, 1.165) is 6.54 Å². The number of hydrogen-bond acceptors (Lipinski definition) is 1. The van der Waals surface area contributed by atoms with Crippen LogP contribution in [0.2, 0.25) is 0 Å². The first-order chi connectivity index (χ1) is 10.4. The average molecular weight is 273 g/mol. The maximum Gasteiger partial charge on any atom is 0.0490 e. The zero-order valence-corrected chi connectivity index (χ0v) is 12.2. The van der Waals surface area contributed by atoms with E-state index in [1.807, 2.05) is 0 Å². The van der Waals surface area contributed by atoms with Gasteiger partial charge in [0.2, 0.25) is 0 Å². The predicted octanol–water partition coefficient (Wildman–Crippen LogP) is 5.51. The highest BCUT2D eigenvalue weighted by Gasteiger charge is 2.12. The lowest BCUT2D eigenvalue weighted by molar-refractivity contribution is 1.02. The van der Waals surface area contributed by atoms with Crippen LogP contribution >= 0.6 is 0 Å². The summed E-state index contributed by atoms with van der Waals surface area (Å²) >= 11 is 0. The van der Waals surface area contributed by atoms with Gasteiger partial charge in [0.1, 0.15) is 0 Å². The highest BCUT2D eigenvalue weighted by Crippen LogP contribution is 2.34. The van der Waals surface area contributed by atoms with E-state index in [-0.39, 0.29) is 0 Å². The van der Waals surface area contributed by atoms with Crippen LogP contribution in [0, 0.1) is 0 Å². The molecule has 21 heavy (non-hydrogen) atoms. The Morgan fingerprint density at radius 1 is 0.667 bits per heavy atom. The van der Waals surface area contributed by atoms with Gasteiger partial charge in [-0.25, -0.2) is 0 Å². The Morgan fingerprint density at radius 2 is 1.24 bits per heavy atom. The Morgan fingerprint density at radius 3 is 1.90 bits per heavy atom. The maximum atomic E-state index is 2.35. The fourth-order valence-electron chi connectivity index (χ4n) is 2.67. The molecule has 1 nitrogen and oxygen atoms in total. The number of nitrogens with zero attached hydrogens (tertiary/aromatic N) is 1. The first-order valence-electron chi connectivity index (χ1n) is 7.37. The van der Waals surface area contributed by atoms with Gasteiger partial charge < -0.3 is 4.90 Å². The lowest BCUT2D eigenvalue weighted by atomic mass is 10.0. The standard InChI is InChI=1S/C20H19N/c1-2-21(18-13-7-4-8-14-18)20-16-10-9-15-19(20)17-11-5-3-6-12-17/h3-16H,2H2,1H3. The van der Waals surface area contributed by atoms with Gasteiger partial charge in [0.05, 0.1) is 0 Å². The highest BCUT2D eigenvalue weighted by atomic mass is 15.1. The largest absolute Gasteiger partial charge is 0.341 e. The molecule has 104 valence electrons. The minimum atomic E-state index is 0.938. The van der Waals surface area contributed by atoms with Crippen molar-refractivity contribution >= 4 is 11.4 Å². The molecule has 0 aliphatic heterocycles. The molecule has 3 rings (SSSR count). The topological polar surface area (TPSA) is 3.24 Å². The molecule has 3 aromatic carbocycles. The zero-order valence-electron chi connectivity index (χ0n) is 12.2. The number of anilines is 2. The summed E-state index contributed by atoms with van der Waals surface area (Å²) < 4.78 is 0. The van der Waals surface area contributed by atoms with Gasteiger partial charge in [-0.15, -0.1) is 0 Å². The van der Waals surface area contributed by atoms with E-state index in [4.69, 9.17) is 0 Å². The Labute approximate surface area is 126 Å². The minimum Gasteiger partial charge on any atom is -0.341 e. The summed E-state index contributed by atoms with van der Waals surface area (Å²) in [6, 6.07) is 29.7. The number of benzene rings is 3. The van der Waals surface area contributed by atoms with Crippen molar-refractivity contribution < 1.29 is 0 Å². The summed E-state index contributed by atoms with van der Waals surface area (Å²) in [4.78, 5) is 2.35. The monoisotopic (exact) mass is 273 g/mol. The van der Waals surface area contributed by atoms with Crippen LogP contribution in [0.15, 0.2) is 84.9 Å². The Balaban J connectivity index is 2.10. The van der Waals surface area contributed by atoms with Gasteiger partial charge in [0.15, 0.2) is 0 Å². The fraction of sp³-hybridized carbons (Fsp3) is 0.100. The summed E-state index contributed by atoms with van der Waals surface area (Å²) in [6.45, 7) is 3.13. The Bertz CT molecular complexity index is 689. The molecule has 0 aliphatic carbocycles. The zero-order chi connectivity index (χ0) is 14.5. The molecule has 0 saturated heterocycles. The summed E-state index contributed by atoms with van der Waals surface area (Å²) in [7, 11) is 0. The third-order valence-corrected chi connectivity index (χ3v) is 3.66. The first kappa shape index (κ1) is 13.4. The van der Waals surface area contributed by atoms with Gasteiger partial charge >= 0.3 is 0 Å².